The Morgan fingerprint density at radius 1 is 1.45 bits per heavy atom. The Morgan fingerprint density at radius 2 is 2.18 bits per heavy atom. The van der Waals surface area contributed by atoms with Gasteiger partial charge in [-0.05, 0) is 20.0 Å². The first-order chi connectivity index (χ1) is 5.33. The van der Waals surface area contributed by atoms with Crippen molar-refractivity contribution in [3.05, 3.63) is 0 Å². The van der Waals surface area contributed by atoms with Crippen LogP contribution in [0.5, 0.6) is 0 Å². The maximum absolute atomic E-state index is 5.16. The fraction of sp³-hybridized carbons (Fsp3) is 1.00. The van der Waals surface area contributed by atoms with E-state index in [1.165, 1.54) is 6.42 Å². The first kappa shape index (κ1) is 8.97. The summed E-state index contributed by atoms with van der Waals surface area (Å²) in [7, 11) is 2.00. The van der Waals surface area contributed by atoms with E-state index in [0.717, 1.165) is 26.3 Å². The zero-order valence-corrected chi connectivity index (χ0v) is 7.44. The minimum atomic E-state index is 0.231. The Bertz CT molecular complexity index is 107. The molecule has 0 bridgehead atoms. The van der Waals surface area contributed by atoms with Gasteiger partial charge in [-0.1, -0.05) is 6.92 Å². The van der Waals surface area contributed by atoms with Crippen molar-refractivity contribution in [3.8, 4) is 0 Å². The van der Waals surface area contributed by atoms with Gasteiger partial charge in [-0.3, -0.25) is 0 Å². The molecule has 1 rings (SSSR count). The first-order valence-electron chi connectivity index (χ1n) is 4.30. The smallest absolute Gasteiger partial charge is 0.0777 e. The average Bonchev–Trinajstić information content (AvgIpc) is 1.95. The second-order valence-corrected chi connectivity index (χ2v) is 3.20. The summed E-state index contributed by atoms with van der Waals surface area (Å²) in [6, 6.07) is 0. The molecule has 1 fully saturated rings. The van der Waals surface area contributed by atoms with Crippen LogP contribution in [0, 0.1) is 0 Å². The molecule has 1 heterocycles. The fourth-order valence-corrected chi connectivity index (χ4v) is 1.19. The Hall–Kier alpha value is -0.120. The largest absolute Gasteiger partial charge is 0.377 e. The molecule has 66 valence electrons. The Balaban J connectivity index is 2.11. The molecule has 0 amide bonds. The van der Waals surface area contributed by atoms with E-state index in [0.29, 0.717) is 0 Å². The van der Waals surface area contributed by atoms with Crippen molar-refractivity contribution in [2.75, 3.05) is 33.4 Å². The second-order valence-electron chi connectivity index (χ2n) is 3.20. The molecule has 0 aromatic heterocycles. The van der Waals surface area contributed by atoms with Crippen molar-refractivity contribution in [3.63, 3.8) is 0 Å². The number of hydrogen-bond acceptors (Lipinski definition) is 3. The summed E-state index contributed by atoms with van der Waals surface area (Å²) in [6.07, 6.45) is 1.20. The molecule has 2 N–H and O–H groups in total. The van der Waals surface area contributed by atoms with Crippen molar-refractivity contribution in [2.24, 2.45) is 0 Å². The third kappa shape index (κ3) is 2.15. The lowest BCUT2D eigenvalue weighted by atomic mass is 9.98. The van der Waals surface area contributed by atoms with Crippen LogP contribution in [0.15, 0.2) is 0 Å². The summed E-state index contributed by atoms with van der Waals surface area (Å²) >= 11 is 0. The molecule has 0 unspecified atom stereocenters. The van der Waals surface area contributed by atoms with Crippen LogP contribution in [0.25, 0.3) is 0 Å². The van der Waals surface area contributed by atoms with Gasteiger partial charge in [-0.15, -0.1) is 0 Å². The van der Waals surface area contributed by atoms with E-state index in [-0.39, 0.29) is 5.54 Å². The van der Waals surface area contributed by atoms with Crippen LogP contribution in [0.2, 0.25) is 0 Å². The van der Waals surface area contributed by atoms with E-state index >= 15 is 0 Å². The SMILES string of the molecule is CCCNCC1(NC)COC1. The van der Waals surface area contributed by atoms with Gasteiger partial charge >= 0.3 is 0 Å². The highest BCUT2D eigenvalue weighted by Gasteiger charge is 2.36. The molecule has 0 aromatic rings. The third-order valence-electron chi connectivity index (χ3n) is 2.18. The van der Waals surface area contributed by atoms with Gasteiger partial charge in [0.1, 0.15) is 0 Å². The van der Waals surface area contributed by atoms with Crippen LogP contribution in [-0.4, -0.2) is 38.9 Å². The minimum Gasteiger partial charge on any atom is -0.377 e. The molecule has 0 radical (unpaired) electrons. The summed E-state index contributed by atoms with van der Waals surface area (Å²) in [5, 5.41) is 6.67. The number of likely N-dealkylation sites (N-methyl/N-ethyl adjacent to an activating group) is 1. The van der Waals surface area contributed by atoms with Gasteiger partial charge in [0.2, 0.25) is 0 Å². The second kappa shape index (κ2) is 4.04. The summed E-state index contributed by atoms with van der Waals surface area (Å²) in [6.45, 7) is 6.00. The summed E-state index contributed by atoms with van der Waals surface area (Å²) < 4.78 is 5.16. The molecule has 0 spiro atoms. The third-order valence-corrected chi connectivity index (χ3v) is 2.18. The molecular formula is C8H18N2O. The number of hydrogen-bond donors (Lipinski definition) is 2. The van der Waals surface area contributed by atoms with Gasteiger partial charge in [0.15, 0.2) is 0 Å². The monoisotopic (exact) mass is 158 g/mol. The average molecular weight is 158 g/mol. The lowest BCUT2D eigenvalue weighted by molar-refractivity contribution is -0.0691. The van der Waals surface area contributed by atoms with Crippen LogP contribution in [0.3, 0.4) is 0 Å². The zero-order chi connectivity index (χ0) is 8.16. The van der Waals surface area contributed by atoms with E-state index in [2.05, 4.69) is 17.6 Å². The summed E-state index contributed by atoms with van der Waals surface area (Å²) in [5.41, 5.74) is 0.231. The Labute approximate surface area is 68.5 Å². The molecule has 1 aliphatic rings. The Kier molecular flexibility index (Phi) is 3.30. The summed E-state index contributed by atoms with van der Waals surface area (Å²) in [4.78, 5) is 0. The highest BCUT2D eigenvalue weighted by molar-refractivity contribution is 4.94. The van der Waals surface area contributed by atoms with Crippen molar-refractivity contribution in [2.45, 2.75) is 18.9 Å². The van der Waals surface area contributed by atoms with E-state index in [1.54, 1.807) is 0 Å². The number of ether oxygens (including phenoxy) is 1. The number of nitrogens with one attached hydrogen (secondary N) is 2. The topological polar surface area (TPSA) is 33.3 Å². The lowest BCUT2D eigenvalue weighted by Crippen LogP contribution is -2.64. The van der Waals surface area contributed by atoms with Gasteiger partial charge in [-0.2, -0.15) is 0 Å². The van der Waals surface area contributed by atoms with Crippen molar-refractivity contribution >= 4 is 0 Å². The van der Waals surface area contributed by atoms with E-state index in [4.69, 9.17) is 4.74 Å². The molecule has 0 aromatic carbocycles. The maximum Gasteiger partial charge on any atom is 0.0777 e. The molecule has 3 heteroatoms. The predicted octanol–water partition coefficient (Wildman–Crippen LogP) is -0.0256. The zero-order valence-electron chi connectivity index (χ0n) is 7.44. The van der Waals surface area contributed by atoms with Gasteiger partial charge in [0.05, 0.1) is 18.8 Å². The molecule has 1 saturated heterocycles. The van der Waals surface area contributed by atoms with Crippen LogP contribution < -0.4 is 10.6 Å². The Morgan fingerprint density at radius 3 is 2.55 bits per heavy atom. The molecule has 0 aliphatic carbocycles. The first-order valence-corrected chi connectivity index (χ1v) is 4.30. The van der Waals surface area contributed by atoms with E-state index < -0.39 is 0 Å². The molecule has 3 nitrogen and oxygen atoms in total. The highest BCUT2D eigenvalue weighted by atomic mass is 16.5. The van der Waals surface area contributed by atoms with Crippen LogP contribution in [-0.2, 0) is 4.74 Å². The van der Waals surface area contributed by atoms with Gasteiger partial charge in [0.25, 0.3) is 0 Å². The standard InChI is InChI=1S/C8H18N2O/c1-3-4-10-5-8(9-2)6-11-7-8/h9-10H,3-7H2,1-2H3. The van der Waals surface area contributed by atoms with Gasteiger partial charge in [-0.25, -0.2) is 0 Å². The molecule has 1 aliphatic heterocycles. The lowest BCUT2D eigenvalue weighted by Gasteiger charge is -2.41. The van der Waals surface area contributed by atoms with Gasteiger partial charge < -0.3 is 15.4 Å². The molecule has 0 saturated carbocycles. The minimum absolute atomic E-state index is 0.231. The van der Waals surface area contributed by atoms with Crippen molar-refractivity contribution < 1.29 is 4.74 Å². The highest BCUT2D eigenvalue weighted by Crippen LogP contribution is 2.14. The van der Waals surface area contributed by atoms with Crippen LogP contribution in [0.4, 0.5) is 0 Å². The van der Waals surface area contributed by atoms with E-state index in [9.17, 15) is 0 Å². The quantitative estimate of drug-likeness (QED) is 0.551. The maximum atomic E-state index is 5.16. The van der Waals surface area contributed by atoms with Crippen LogP contribution >= 0.6 is 0 Å². The van der Waals surface area contributed by atoms with E-state index in [1.807, 2.05) is 7.05 Å². The molecule has 0 atom stereocenters. The van der Waals surface area contributed by atoms with Crippen LogP contribution in [0.1, 0.15) is 13.3 Å². The predicted molar refractivity (Wildman–Crippen MR) is 45.8 cm³/mol. The van der Waals surface area contributed by atoms with Crippen molar-refractivity contribution in [1.82, 2.24) is 10.6 Å². The molecular weight excluding hydrogens is 140 g/mol. The fourth-order valence-electron chi connectivity index (χ4n) is 1.19. The van der Waals surface area contributed by atoms with Gasteiger partial charge in [0, 0.05) is 6.54 Å². The number of rotatable bonds is 5. The van der Waals surface area contributed by atoms with Crippen molar-refractivity contribution in [1.29, 1.82) is 0 Å². The summed E-state index contributed by atoms with van der Waals surface area (Å²) in [5.74, 6) is 0. The molecule has 11 heavy (non-hydrogen) atoms. The normalized spacial score (nSPS) is 21.3.